The fourth-order valence-electron chi connectivity index (χ4n) is 2.42. The molecule has 0 aliphatic carbocycles. The molecule has 1 N–H and O–H groups in total. The monoisotopic (exact) mass is 379 g/mol. The van der Waals surface area contributed by atoms with Crippen LogP contribution in [0.3, 0.4) is 0 Å². The summed E-state index contributed by atoms with van der Waals surface area (Å²) in [7, 11) is 1.76. The van der Waals surface area contributed by atoms with Crippen LogP contribution in [-0.2, 0) is 17.6 Å². The number of aromatic nitrogens is 3. The lowest BCUT2D eigenvalue weighted by atomic mass is 10.2. The van der Waals surface area contributed by atoms with E-state index in [0.717, 1.165) is 5.69 Å². The predicted octanol–water partition coefficient (Wildman–Crippen LogP) is 2.42. The largest absolute Gasteiger partial charge is 0.506 e. The van der Waals surface area contributed by atoms with Crippen LogP contribution < -0.4 is 0 Å². The van der Waals surface area contributed by atoms with Gasteiger partial charge in [-0.2, -0.15) is 5.26 Å². The SMILES string of the molecule is CN(CCc1ccccn1)C(=O)Cc1csc(-c2ncc(C#N)cc2O)n1. The summed E-state index contributed by atoms with van der Waals surface area (Å²) in [5.74, 6) is -0.145. The minimum absolute atomic E-state index is 0.0419. The van der Waals surface area contributed by atoms with E-state index >= 15 is 0 Å². The molecule has 0 atom stereocenters. The summed E-state index contributed by atoms with van der Waals surface area (Å²) in [4.78, 5) is 26.8. The molecule has 3 heterocycles. The Kier molecular flexibility index (Phi) is 5.74. The molecule has 0 radical (unpaired) electrons. The van der Waals surface area contributed by atoms with E-state index in [9.17, 15) is 9.90 Å². The number of hydrogen-bond donors (Lipinski definition) is 1. The zero-order valence-corrected chi connectivity index (χ0v) is 15.5. The summed E-state index contributed by atoms with van der Waals surface area (Å²) in [6.07, 6.45) is 3.98. The maximum Gasteiger partial charge on any atom is 0.228 e. The molecule has 8 heteroatoms. The highest BCUT2D eigenvalue weighted by atomic mass is 32.1. The third-order valence-electron chi connectivity index (χ3n) is 3.94. The summed E-state index contributed by atoms with van der Waals surface area (Å²) < 4.78 is 0. The van der Waals surface area contributed by atoms with Crippen molar-refractivity contribution in [2.75, 3.05) is 13.6 Å². The average Bonchev–Trinajstić information content (AvgIpc) is 3.14. The molecule has 3 rings (SSSR count). The first-order valence-corrected chi connectivity index (χ1v) is 9.12. The molecule has 0 saturated heterocycles. The van der Waals surface area contributed by atoms with Gasteiger partial charge in [0.2, 0.25) is 5.91 Å². The number of nitriles is 1. The third kappa shape index (κ3) is 4.65. The lowest BCUT2D eigenvalue weighted by molar-refractivity contribution is -0.129. The number of pyridine rings is 2. The first-order chi connectivity index (χ1) is 13.1. The van der Waals surface area contributed by atoms with Crippen LogP contribution in [0.4, 0.5) is 0 Å². The number of nitrogens with zero attached hydrogens (tertiary/aromatic N) is 5. The minimum atomic E-state index is -0.103. The molecule has 0 spiro atoms. The first-order valence-electron chi connectivity index (χ1n) is 8.24. The van der Waals surface area contributed by atoms with Gasteiger partial charge in [-0.1, -0.05) is 6.07 Å². The highest BCUT2D eigenvalue weighted by Crippen LogP contribution is 2.30. The van der Waals surface area contributed by atoms with Gasteiger partial charge in [-0.15, -0.1) is 11.3 Å². The van der Waals surface area contributed by atoms with E-state index in [1.807, 2.05) is 24.3 Å². The molecule has 1 amide bonds. The number of aromatic hydroxyl groups is 1. The molecule has 0 saturated carbocycles. The predicted molar refractivity (Wildman–Crippen MR) is 101 cm³/mol. The van der Waals surface area contributed by atoms with Crippen LogP contribution in [0.25, 0.3) is 10.7 Å². The maximum atomic E-state index is 12.4. The molecular weight excluding hydrogens is 362 g/mol. The number of likely N-dealkylation sites (N-methyl/N-ethyl adjacent to an activating group) is 1. The van der Waals surface area contributed by atoms with E-state index in [-0.39, 0.29) is 23.6 Å². The molecule has 0 bridgehead atoms. The molecule has 7 nitrogen and oxygen atoms in total. The van der Waals surface area contributed by atoms with Gasteiger partial charge in [-0.05, 0) is 12.1 Å². The Morgan fingerprint density at radius 1 is 1.33 bits per heavy atom. The standard InChI is InChI=1S/C19H17N5O2S/c1-24(7-5-14-4-2-3-6-21-14)17(26)9-15-12-27-19(23-15)18-16(25)8-13(10-20)11-22-18/h2-4,6,8,11-12,25H,5,7,9H2,1H3. The first kappa shape index (κ1) is 18.5. The van der Waals surface area contributed by atoms with Crippen LogP contribution in [0, 0.1) is 11.3 Å². The summed E-state index contributed by atoms with van der Waals surface area (Å²) in [6, 6.07) is 8.98. The molecule has 0 unspecified atom stereocenters. The van der Waals surface area contributed by atoms with E-state index in [1.165, 1.54) is 23.6 Å². The topological polar surface area (TPSA) is 103 Å². The fourth-order valence-corrected chi connectivity index (χ4v) is 3.24. The van der Waals surface area contributed by atoms with Gasteiger partial charge in [0.1, 0.15) is 22.5 Å². The quantitative estimate of drug-likeness (QED) is 0.705. The van der Waals surface area contributed by atoms with Crippen molar-refractivity contribution in [1.29, 1.82) is 5.26 Å². The van der Waals surface area contributed by atoms with E-state index in [1.54, 1.807) is 23.5 Å². The Morgan fingerprint density at radius 2 is 2.19 bits per heavy atom. The second-order valence-electron chi connectivity index (χ2n) is 5.91. The van der Waals surface area contributed by atoms with Crippen molar-refractivity contribution in [3.05, 3.63) is 59.0 Å². The lowest BCUT2D eigenvalue weighted by Gasteiger charge is -2.16. The summed E-state index contributed by atoms with van der Waals surface area (Å²) in [6.45, 7) is 0.574. The number of carbonyl (C=O) groups excluding carboxylic acids is 1. The summed E-state index contributed by atoms with van der Waals surface area (Å²) >= 11 is 1.30. The van der Waals surface area contributed by atoms with Gasteiger partial charge < -0.3 is 10.0 Å². The molecule has 27 heavy (non-hydrogen) atoms. The van der Waals surface area contributed by atoms with Crippen molar-refractivity contribution in [2.24, 2.45) is 0 Å². The fraction of sp³-hybridized carbons (Fsp3) is 0.211. The number of rotatable bonds is 6. The lowest BCUT2D eigenvalue weighted by Crippen LogP contribution is -2.30. The van der Waals surface area contributed by atoms with Crippen LogP contribution >= 0.6 is 11.3 Å². The van der Waals surface area contributed by atoms with Gasteiger partial charge in [0.25, 0.3) is 0 Å². The summed E-state index contributed by atoms with van der Waals surface area (Å²) in [5, 5.41) is 21.1. The number of thiazole rings is 1. The van der Waals surface area contributed by atoms with Crippen molar-refractivity contribution in [2.45, 2.75) is 12.8 Å². The van der Waals surface area contributed by atoms with Crippen molar-refractivity contribution in [3.8, 4) is 22.5 Å². The molecule has 3 aromatic heterocycles. The molecule has 136 valence electrons. The van der Waals surface area contributed by atoms with E-state index in [4.69, 9.17) is 5.26 Å². The zero-order chi connectivity index (χ0) is 19.2. The van der Waals surface area contributed by atoms with E-state index < -0.39 is 0 Å². The van der Waals surface area contributed by atoms with Gasteiger partial charge in [-0.25, -0.2) is 9.97 Å². The van der Waals surface area contributed by atoms with Crippen LogP contribution in [0.15, 0.2) is 42.0 Å². The van der Waals surface area contributed by atoms with Gasteiger partial charge in [0, 0.05) is 49.5 Å². The number of amides is 1. The van der Waals surface area contributed by atoms with Gasteiger partial charge in [0.05, 0.1) is 17.7 Å². The number of hydrogen-bond acceptors (Lipinski definition) is 7. The second kappa shape index (κ2) is 8.38. The van der Waals surface area contributed by atoms with Gasteiger partial charge in [-0.3, -0.25) is 9.78 Å². The number of carbonyl (C=O) groups is 1. The molecule has 3 aromatic rings. The van der Waals surface area contributed by atoms with Crippen molar-refractivity contribution in [3.63, 3.8) is 0 Å². The van der Waals surface area contributed by atoms with Crippen molar-refractivity contribution < 1.29 is 9.90 Å². The highest BCUT2D eigenvalue weighted by Gasteiger charge is 2.15. The van der Waals surface area contributed by atoms with Crippen LogP contribution in [0.5, 0.6) is 5.75 Å². The second-order valence-corrected chi connectivity index (χ2v) is 6.77. The Balaban J connectivity index is 1.61. The van der Waals surface area contributed by atoms with Crippen LogP contribution in [0.2, 0.25) is 0 Å². The third-order valence-corrected chi connectivity index (χ3v) is 4.84. The Morgan fingerprint density at radius 3 is 2.89 bits per heavy atom. The van der Waals surface area contributed by atoms with Crippen molar-refractivity contribution in [1.82, 2.24) is 19.9 Å². The van der Waals surface area contributed by atoms with E-state index in [0.29, 0.717) is 29.4 Å². The van der Waals surface area contributed by atoms with Gasteiger partial charge in [0.15, 0.2) is 0 Å². The van der Waals surface area contributed by atoms with Crippen LogP contribution in [-0.4, -0.2) is 44.5 Å². The highest BCUT2D eigenvalue weighted by molar-refractivity contribution is 7.13. The Bertz CT molecular complexity index is 981. The Labute approximate surface area is 160 Å². The van der Waals surface area contributed by atoms with E-state index in [2.05, 4.69) is 15.0 Å². The average molecular weight is 379 g/mol. The van der Waals surface area contributed by atoms with Gasteiger partial charge >= 0.3 is 0 Å². The normalized spacial score (nSPS) is 10.4. The maximum absolute atomic E-state index is 12.4. The minimum Gasteiger partial charge on any atom is -0.506 e. The molecule has 0 aliphatic rings. The Hall–Kier alpha value is -3.31. The molecule has 0 aliphatic heterocycles. The molecule has 0 fully saturated rings. The molecular formula is C19H17N5O2S. The van der Waals surface area contributed by atoms with Crippen molar-refractivity contribution >= 4 is 17.2 Å². The van der Waals surface area contributed by atoms with Crippen LogP contribution in [0.1, 0.15) is 17.0 Å². The molecule has 0 aromatic carbocycles. The zero-order valence-electron chi connectivity index (χ0n) is 14.7. The summed E-state index contributed by atoms with van der Waals surface area (Å²) in [5.41, 5.74) is 2.14. The smallest absolute Gasteiger partial charge is 0.228 e.